The minimum atomic E-state index is -0.0895. The van der Waals surface area contributed by atoms with E-state index in [1.54, 1.807) is 4.52 Å². The summed E-state index contributed by atoms with van der Waals surface area (Å²) >= 11 is 0. The van der Waals surface area contributed by atoms with Gasteiger partial charge in [-0.15, -0.1) is 0 Å². The lowest BCUT2D eigenvalue weighted by Crippen LogP contribution is -2.07. The van der Waals surface area contributed by atoms with Gasteiger partial charge in [0.2, 0.25) is 0 Å². The van der Waals surface area contributed by atoms with Crippen molar-refractivity contribution in [1.82, 2.24) is 14.6 Å². The minimum absolute atomic E-state index is 0.0895. The Balaban J connectivity index is 2.00. The van der Waals surface area contributed by atoms with Crippen molar-refractivity contribution < 1.29 is 0 Å². The average molecular weight is 217 g/mol. The molecule has 0 atom stereocenters. The first-order chi connectivity index (χ1) is 7.83. The van der Waals surface area contributed by atoms with E-state index in [4.69, 9.17) is 0 Å². The Bertz CT molecular complexity index is 549. The lowest BCUT2D eigenvalue weighted by Gasteiger charge is -2.21. The molecule has 0 radical (unpaired) electrons. The third kappa shape index (κ3) is 1.64. The van der Waals surface area contributed by atoms with Gasteiger partial charge in [-0.25, -0.2) is 9.50 Å². The van der Waals surface area contributed by atoms with Gasteiger partial charge in [0.05, 0.1) is 0 Å². The van der Waals surface area contributed by atoms with Crippen LogP contribution in [0.2, 0.25) is 0 Å². The fourth-order valence-corrected chi connectivity index (χ4v) is 2.56. The molecule has 0 amide bonds. The standard InChI is InChI=1S/C12H15N3O/c16-12-6-11-13-7-10(8-15(11)14-12)9-4-2-1-3-5-9/h6-9H,1-5H2,(H,14,16). The second-order valence-electron chi connectivity index (χ2n) is 4.57. The Morgan fingerprint density at radius 1 is 1.31 bits per heavy atom. The first-order valence-electron chi connectivity index (χ1n) is 5.90. The number of aromatic nitrogens is 3. The van der Waals surface area contributed by atoms with Crippen LogP contribution in [0.5, 0.6) is 0 Å². The highest BCUT2D eigenvalue weighted by atomic mass is 16.1. The zero-order chi connectivity index (χ0) is 11.0. The summed E-state index contributed by atoms with van der Waals surface area (Å²) in [7, 11) is 0. The normalized spacial score (nSPS) is 18.0. The third-order valence-electron chi connectivity index (χ3n) is 3.44. The van der Waals surface area contributed by atoms with Gasteiger partial charge in [0.1, 0.15) is 0 Å². The molecule has 0 bridgehead atoms. The molecule has 1 fully saturated rings. The summed E-state index contributed by atoms with van der Waals surface area (Å²) in [4.78, 5) is 15.5. The lowest BCUT2D eigenvalue weighted by atomic mass is 9.85. The van der Waals surface area contributed by atoms with E-state index in [0.29, 0.717) is 11.6 Å². The minimum Gasteiger partial charge on any atom is -0.268 e. The zero-order valence-corrected chi connectivity index (χ0v) is 9.15. The molecule has 1 aliphatic carbocycles. The summed E-state index contributed by atoms with van der Waals surface area (Å²) < 4.78 is 1.73. The van der Waals surface area contributed by atoms with Gasteiger partial charge in [0.15, 0.2) is 5.65 Å². The van der Waals surface area contributed by atoms with E-state index in [0.717, 1.165) is 0 Å². The van der Waals surface area contributed by atoms with Crippen molar-refractivity contribution in [3.05, 3.63) is 34.4 Å². The predicted octanol–water partition coefficient (Wildman–Crippen LogP) is 2.07. The molecule has 1 aliphatic rings. The second-order valence-corrected chi connectivity index (χ2v) is 4.57. The third-order valence-corrected chi connectivity index (χ3v) is 3.44. The van der Waals surface area contributed by atoms with Crippen molar-refractivity contribution in [2.75, 3.05) is 0 Å². The van der Waals surface area contributed by atoms with Crippen LogP contribution in [-0.2, 0) is 0 Å². The molecule has 2 aromatic heterocycles. The number of rotatable bonds is 1. The highest BCUT2D eigenvalue weighted by Crippen LogP contribution is 2.31. The lowest BCUT2D eigenvalue weighted by molar-refractivity contribution is 0.441. The predicted molar refractivity (Wildman–Crippen MR) is 61.6 cm³/mol. The summed E-state index contributed by atoms with van der Waals surface area (Å²) in [5.74, 6) is 0.622. The first kappa shape index (κ1) is 9.63. The van der Waals surface area contributed by atoms with Crippen LogP contribution in [0.3, 0.4) is 0 Å². The Hall–Kier alpha value is -1.58. The number of hydrogen-bond acceptors (Lipinski definition) is 2. The molecule has 0 saturated heterocycles. The molecule has 16 heavy (non-hydrogen) atoms. The fourth-order valence-electron chi connectivity index (χ4n) is 2.56. The fraction of sp³-hybridized carbons (Fsp3) is 0.500. The molecule has 84 valence electrons. The largest absolute Gasteiger partial charge is 0.268 e. The van der Waals surface area contributed by atoms with Crippen LogP contribution in [0.4, 0.5) is 0 Å². The summed E-state index contributed by atoms with van der Waals surface area (Å²) in [6.45, 7) is 0. The van der Waals surface area contributed by atoms with E-state index < -0.39 is 0 Å². The second kappa shape index (κ2) is 3.77. The van der Waals surface area contributed by atoms with E-state index in [2.05, 4.69) is 10.1 Å². The Labute approximate surface area is 93.3 Å². The molecule has 2 heterocycles. The van der Waals surface area contributed by atoms with Crippen LogP contribution in [0.25, 0.3) is 5.65 Å². The topological polar surface area (TPSA) is 50.2 Å². The van der Waals surface area contributed by atoms with E-state index >= 15 is 0 Å². The van der Waals surface area contributed by atoms with Crippen LogP contribution in [0.15, 0.2) is 23.3 Å². The summed E-state index contributed by atoms with van der Waals surface area (Å²) in [6, 6.07) is 1.52. The molecule has 4 heteroatoms. The van der Waals surface area contributed by atoms with Crippen molar-refractivity contribution >= 4 is 5.65 Å². The van der Waals surface area contributed by atoms with Crippen LogP contribution in [-0.4, -0.2) is 14.6 Å². The maximum Gasteiger partial charge on any atom is 0.266 e. The molecule has 4 nitrogen and oxygen atoms in total. The van der Waals surface area contributed by atoms with Crippen molar-refractivity contribution in [2.45, 2.75) is 38.0 Å². The zero-order valence-electron chi connectivity index (χ0n) is 9.15. The van der Waals surface area contributed by atoms with Gasteiger partial charge in [0.25, 0.3) is 5.56 Å². The van der Waals surface area contributed by atoms with E-state index in [1.807, 2.05) is 12.4 Å². The smallest absolute Gasteiger partial charge is 0.266 e. The number of nitrogens with zero attached hydrogens (tertiary/aromatic N) is 2. The van der Waals surface area contributed by atoms with Gasteiger partial charge in [0, 0.05) is 18.5 Å². The molecule has 0 unspecified atom stereocenters. The molecule has 2 aromatic rings. The van der Waals surface area contributed by atoms with Crippen LogP contribution >= 0.6 is 0 Å². The molecule has 0 aromatic carbocycles. The summed E-state index contributed by atoms with van der Waals surface area (Å²) in [5.41, 5.74) is 1.86. The van der Waals surface area contributed by atoms with Crippen molar-refractivity contribution in [1.29, 1.82) is 0 Å². The SMILES string of the molecule is O=c1cc2ncc(C3CCCCC3)cn2[nH]1. The Kier molecular flexibility index (Phi) is 2.27. The van der Waals surface area contributed by atoms with Gasteiger partial charge in [-0.1, -0.05) is 19.3 Å². The van der Waals surface area contributed by atoms with Gasteiger partial charge in [-0.05, 0) is 24.3 Å². The van der Waals surface area contributed by atoms with Gasteiger partial charge in [-0.3, -0.25) is 9.89 Å². The van der Waals surface area contributed by atoms with E-state index in [-0.39, 0.29) is 5.56 Å². The van der Waals surface area contributed by atoms with Gasteiger partial charge >= 0.3 is 0 Å². The number of aromatic amines is 1. The molecule has 1 N–H and O–H groups in total. The maximum atomic E-state index is 11.2. The van der Waals surface area contributed by atoms with Crippen LogP contribution in [0, 0.1) is 0 Å². The Morgan fingerprint density at radius 3 is 2.94 bits per heavy atom. The van der Waals surface area contributed by atoms with Crippen LogP contribution < -0.4 is 5.56 Å². The van der Waals surface area contributed by atoms with Crippen LogP contribution in [0.1, 0.15) is 43.6 Å². The van der Waals surface area contributed by atoms with Crippen molar-refractivity contribution in [3.8, 4) is 0 Å². The number of fused-ring (bicyclic) bond motifs is 1. The number of nitrogens with one attached hydrogen (secondary N) is 1. The Morgan fingerprint density at radius 2 is 2.12 bits per heavy atom. The molecule has 3 rings (SSSR count). The average Bonchev–Trinajstić information content (AvgIpc) is 2.69. The van der Waals surface area contributed by atoms with Crippen molar-refractivity contribution in [2.24, 2.45) is 0 Å². The van der Waals surface area contributed by atoms with E-state index in [9.17, 15) is 4.79 Å². The van der Waals surface area contributed by atoms with E-state index in [1.165, 1.54) is 43.7 Å². The molecular formula is C12H15N3O. The molecule has 1 saturated carbocycles. The maximum absolute atomic E-state index is 11.2. The molecule has 0 aliphatic heterocycles. The molecule has 0 spiro atoms. The monoisotopic (exact) mass is 217 g/mol. The first-order valence-corrected chi connectivity index (χ1v) is 5.90. The molecular weight excluding hydrogens is 202 g/mol. The summed E-state index contributed by atoms with van der Waals surface area (Å²) in [5, 5.41) is 2.74. The number of H-pyrrole nitrogens is 1. The van der Waals surface area contributed by atoms with Crippen molar-refractivity contribution in [3.63, 3.8) is 0 Å². The van der Waals surface area contributed by atoms with Gasteiger partial charge < -0.3 is 0 Å². The quantitative estimate of drug-likeness (QED) is 0.795. The highest BCUT2D eigenvalue weighted by molar-refractivity contribution is 5.36. The summed E-state index contributed by atoms with van der Waals surface area (Å²) in [6.07, 6.45) is 10.4. The van der Waals surface area contributed by atoms with Gasteiger partial charge in [-0.2, -0.15) is 0 Å². The number of hydrogen-bond donors (Lipinski definition) is 1. The highest BCUT2D eigenvalue weighted by Gasteiger charge is 2.16.